The van der Waals surface area contributed by atoms with E-state index >= 15 is 0 Å². The summed E-state index contributed by atoms with van der Waals surface area (Å²) in [6.45, 7) is 1.62. The normalized spacial score (nSPS) is 10.1. The van der Waals surface area contributed by atoms with Crippen molar-refractivity contribution < 1.29 is 5.11 Å². The quantitative estimate of drug-likeness (QED) is 0.597. The van der Waals surface area contributed by atoms with Crippen molar-refractivity contribution in [1.82, 2.24) is 9.78 Å². The van der Waals surface area contributed by atoms with Gasteiger partial charge in [-0.05, 0) is 6.92 Å². The van der Waals surface area contributed by atoms with Crippen LogP contribution in [-0.4, -0.2) is 14.9 Å². The molecule has 0 radical (unpaired) electrons. The molecular formula is C7H10N2O2. The Bertz CT molecular complexity index is 317. The van der Waals surface area contributed by atoms with Crippen LogP contribution in [0.5, 0.6) is 0 Å². The lowest BCUT2D eigenvalue weighted by Crippen LogP contribution is -2.20. The fraction of sp³-hybridized carbons (Fsp3) is 0.429. The smallest absolute Gasteiger partial charge is 0.266 e. The zero-order chi connectivity index (χ0) is 8.43. The second-order valence-electron chi connectivity index (χ2n) is 2.37. The summed E-state index contributed by atoms with van der Waals surface area (Å²) >= 11 is 0. The third-order valence-electron chi connectivity index (χ3n) is 1.55. The second kappa shape index (κ2) is 2.84. The van der Waals surface area contributed by atoms with E-state index in [0.717, 1.165) is 0 Å². The van der Waals surface area contributed by atoms with Crippen LogP contribution in [0.2, 0.25) is 0 Å². The first-order chi connectivity index (χ1) is 5.15. The summed E-state index contributed by atoms with van der Waals surface area (Å²) in [4.78, 5) is 10.9. The molecule has 11 heavy (non-hydrogen) atoms. The molecule has 0 aliphatic rings. The Balaban J connectivity index is 3.32. The molecule has 0 amide bonds. The Hall–Kier alpha value is -1.16. The van der Waals surface area contributed by atoms with Crippen LogP contribution < -0.4 is 5.56 Å². The van der Waals surface area contributed by atoms with Crippen molar-refractivity contribution in [2.45, 2.75) is 13.5 Å². The Morgan fingerprint density at radius 2 is 2.36 bits per heavy atom. The fourth-order valence-corrected chi connectivity index (χ4v) is 0.845. The molecule has 1 rings (SSSR count). The zero-order valence-corrected chi connectivity index (χ0v) is 6.53. The molecule has 0 spiro atoms. The van der Waals surface area contributed by atoms with Gasteiger partial charge in [0, 0.05) is 18.7 Å². The average molecular weight is 154 g/mol. The number of aromatic nitrogens is 2. The number of nitrogens with zero attached hydrogens (tertiary/aromatic N) is 2. The lowest BCUT2D eigenvalue weighted by Gasteiger charge is -2.01. The molecule has 0 aromatic carbocycles. The summed E-state index contributed by atoms with van der Waals surface area (Å²) in [7, 11) is 1.58. The van der Waals surface area contributed by atoms with Crippen LogP contribution in [0.4, 0.5) is 0 Å². The fourth-order valence-electron chi connectivity index (χ4n) is 0.845. The Morgan fingerprint density at radius 3 is 2.91 bits per heavy atom. The Kier molecular flexibility index (Phi) is 2.05. The Labute approximate surface area is 64.1 Å². The van der Waals surface area contributed by atoms with Gasteiger partial charge in [-0.3, -0.25) is 4.79 Å². The number of aliphatic hydroxyl groups is 1. The summed E-state index contributed by atoms with van der Waals surface area (Å²) in [6, 6.07) is 1.39. The van der Waals surface area contributed by atoms with E-state index in [2.05, 4.69) is 5.10 Å². The van der Waals surface area contributed by atoms with Gasteiger partial charge in [-0.2, -0.15) is 5.10 Å². The van der Waals surface area contributed by atoms with Crippen LogP contribution in [0.1, 0.15) is 11.3 Å². The predicted octanol–water partition coefficient (Wildman–Crippen LogP) is -0.419. The van der Waals surface area contributed by atoms with Gasteiger partial charge in [0.25, 0.3) is 5.56 Å². The van der Waals surface area contributed by atoms with E-state index < -0.39 is 0 Å². The molecule has 1 aromatic rings. The van der Waals surface area contributed by atoms with E-state index in [-0.39, 0.29) is 12.2 Å². The van der Waals surface area contributed by atoms with Crippen LogP contribution in [0.15, 0.2) is 10.9 Å². The van der Waals surface area contributed by atoms with Crippen molar-refractivity contribution in [1.29, 1.82) is 0 Å². The van der Waals surface area contributed by atoms with Gasteiger partial charge >= 0.3 is 0 Å². The van der Waals surface area contributed by atoms with Crippen molar-refractivity contribution in [2.24, 2.45) is 7.05 Å². The van der Waals surface area contributed by atoms with E-state index in [1.54, 1.807) is 14.0 Å². The molecule has 0 bridgehead atoms. The first kappa shape index (κ1) is 7.94. The summed E-state index contributed by atoms with van der Waals surface area (Å²) in [5, 5.41) is 12.6. The highest BCUT2D eigenvalue weighted by atomic mass is 16.3. The molecule has 60 valence electrons. The SMILES string of the molecule is Cc1nn(C)c(=O)cc1CO. The van der Waals surface area contributed by atoms with Gasteiger partial charge in [-0.1, -0.05) is 0 Å². The van der Waals surface area contributed by atoms with Crippen LogP contribution >= 0.6 is 0 Å². The van der Waals surface area contributed by atoms with Gasteiger partial charge < -0.3 is 5.11 Å². The maximum Gasteiger partial charge on any atom is 0.266 e. The summed E-state index contributed by atoms with van der Waals surface area (Å²) in [5.41, 5.74) is 1.09. The van der Waals surface area contributed by atoms with Gasteiger partial charge in [0.05, 0.1) is 12.3 Å². The van der Waals surface area contributed by atoms with Gasteiger partial charge in [-0.25, -0.2) is 4.68 Å². The highest BCUT2D eigenvalue weighted by Crippen LogP contribution is 1.98. The highest BCUT2D eigenvalue weighted by molar-refractivity contribution is 5.14. The van der Waals surface area contributed by atoms with Crippen LogP contribution in [0.25, 0.3) is 0 Å². The second-order valence-corrected chi connectivity index (χ2v) is 2.37. The predicted molar refractivity (Wildman–Crippen MR) is 40.1 cm³/mol. The number of aliphatic hydroxyl groups excluding tert-OH is 1. The van der Waals surface area contributed by atoms with Gasteiger partial charge in [0.1, 0.15) is 0 Å². The van der Waals surface area contributed by atoms with E-state index in [9.17, 15) is 4.79 Å². The van der Waals surface area contributed by atoms with Crippen molar-refractivity contribution in [2.75, 3.05) is 0 Å². The van der Waals surface area contributed by atoms with Crippen LogP contribution in [-0.2, 0) is 13.7 Å². The third kappa shape index (κ3) is 1.46. The zero-order valence-electron chi connectivity index (χ0n) is 6.53. The molecule has 0 atom stereocenters. The standard InChI is InChI=1S/C7H10N2O2/c1-5-6(4-10)3-7(11)9(2)8-5/h3,10H,4H2,1-2H3. The van der Waals surface area contributed by atoms with Gasteiger partial charge in [0.15, 0.2) is 0 Å². The lowest BCUT2D eigenvalue weighted by molar-refractivity contribution is 0.279. The van der Waals surface area contributed by atoms with E-state index in [4.69, 9.17) is 5.11 Å². The molecule has 0 aliphatic heterocycles. The maximum atomic E-state index is 10.9. The molecule has 0 saturated heterocycles. The molecule has 1 N–H and O–H groups in total. The van der Waals surface area contributed by atoms with E-state index in [1.807, 2.05) is 0 Å². The van der Waals surface area contributed by atoms with Gasteiger partial charge in [-0.15, -0.1) is 0 Å². The topological polar surface area (TPSA) is 55.1 Å². The van der Waals surface area contributed by atoms with Crippen LogP contribution in [0.3, 0.4) is 0 Å². The monoisotopic (exact) mass is 154 g/mol. The van der Waals surface area contributed by atoms with Crippen molar-refractivity contribution >= 4 is 0 Å². The number of aryl methyl sites for hydroxylation is 2. The molecule has 0 unspecified atom stereocenters. The third-order valence-corrected chi connectivity index (χ3v) is 1.55. The first-order valence-corrected chi connectivity index (χ1v) is 3.30. The summed E-state index contributed by atoms with van der Waals surface area (Å²) in [5.74, 6) is 0. The first-order valence-electron chi connectivity index (χ1n) is 3.30. The molecule has 0 fully saturated rings. The Morgan fingerprint density at radius 1 is 1.73 bits per heavy atom. The minimum absolute atomic E-state index is 0.130. The maximum absolute atomic E-state index is 10.9. The van der Waals surface area contributed by atoms with Gasteiger partial charge in [0.2, 0.25) is 0 Å². The number of rotatable bonds is 1. The van der Waals surface area contributed by atoms with Crippen LogP contribution in [0, 0.1) is 6.92 Å². The lowest BCUT2D eigenvalue weighted by atomic mass is 10.2. The molecule has 4 heteroatoms. The number of hydrogen-bond donors (Lipinski definition) is 1. The molecular weight excluding hydrogens is 144 g/mol. The highest BCUT2D eigenvalue weighted by Gasteiger charge is 2.00. The number of hydrogen-bond acceptors (Lipinski definition) is 3. The molecule has 0 saturated carbocycles. The van der Waals surface area contributed by atoms with E-state index in [1.165, 1.54) is 10.7 Å². The molecule has 1 aromatic heterocycles. The molecule has 1 heterocycles. The minimum atomic E-state index is -0.195. The minimum Gasteiger partial charge on any atom is -0.392 e. The summed E-state index contributed by atoms with van der Waals surface area (Å²) < 4.78 is 1.24. The summed E-state index contributed by atoms with van der Waals surface area (Å²) in [6.07, 6.45) is 0. The molecule has 0 aliphatic carbocycles. The van der Waals surface area contributed by atoms with Crippen molar-refractivity contribution in [3.63, 3.8) is 0 Å². The molecule has 4 nitrogen and oxygen atoms in total. The van der Waals surface area contributed by atoms with E-state index in [0.29, 0.717) is 11.3 Å². The van der Waals surface area contributed by atoms with Crippen molar-refractivity contribution in [3.05, 3.63) is 27.7 Å². The largest absolute Gasteiger partial charge is 0.392 e. The average Bonchev–Trinajstić information content (AvgIpc) is 1.97. The van der Waals surface area contributed by atoms with Crippen molar-refractivity contribution in [3.8, 4) is 0 Å².